The van der Waals surface area contributed by atoms with Crippen LogP contribution in [0.4, 0.5) is 5.95 Å². The number of hydrogen-bond acceptors (Lipinski definition) is 5. The third-order valence-corrected chi connectivity index (χ3v) is 3.33. The average molecular weight is 299 g/mol. The molecule has 0 atom stereocenters. The van der Waals surface area contributed by atoms with E-state index >= 15 is 0 Å². The van der Waals surface area contributed by atoms with Crippen molar-refractivity contribution in [2.45, 2.75) is 12.8 Å². The van der Waals surface area contributed by atoms with Gasteiger partial charge in [0, 0.05) is 6.42 Å². The maximum atomic E-state index is 11.5. The molecule has 0 aromatic carbocycles. The van der Waals surface area contributed by atoms with E-state index in [0.29, 0.717) is 12.2 Å². The normalized spacial score (nSPS) is 12.5. The quantitative estimate of drug-likeness (QED) is 0.380. The van der Waals surface area contributed by atoms with E-state index in [4.69, 9.17) is 15.5 Å². The Morgan fingerprint density at radius 2 is 2.00 bits per heavy atom. The highest BCUT2D eigenvalue weighted by Gasteiger charge is 2.10. The van der Waals surface area contributed by atoms with Crippen LogP contribution < -0.4 is 11.3 Å². The second-order valence-electron chi connectivity index (χ2n) is 4.19. The summed E-state index contributed by atoms with van der Waals surface area (Å²) in [6, 6.07) is 0. The van der Waals surface area contributed by atoms with Crippen LogP contribution in [0.5, 0.6) is 0 Å². The minimum absolute atomic E-state index is 0.00210. The van der Waals surface area contributed by atoms with E-state index in [0.717, 1.165) is 0 Å². The number of aromatic amines is 2. The van der Waals surface area contributed by atoms with Gasteiger partial charge in [0.25, 0.3) is 5.56 Å². The first-order valence-electron chi connectivity index (χ1n) is 5.79. The maximum Gasteiger partial charge on any atom is 0.325 e. The first kappa shape index (κ1) is 14.4. The molecule has 2 aromatic heterocycles. The summed E-state index contributed by atoms with van der Waals surface area (Å²) in [6.07, 6.45) is 3.84. The largest absolute Gasteiger partial charge is 0.369 e. The van der Waals surface area contributed by atoms with E-state index in [-0.39, 0.29) is 29.7 Å². The fourth-order valence-corrected chi connectivity index (χ4v) is 2.11. The number of imidazole rings is 1. The smallest absolute Gasteiger partial charge is 0.325 e. The molecule has 0 fully saturated rings. The average Bonchev–Trinajstić information content (AvgIpc) is 2.70. The lowest BCUT2D eigenvalue weighted by Crippen LogP contribution is -2.10. The van der Waals surface area contributed by atoms with Crippen molar-refractivity contribution in [2.75, 3.05) is 11.9 Å². The van der Waals surface area contributed by atoms with Crippen molar-refractivity contribution in [1.29, 1.82) is 0 Å². The van der Waals surface area contributed by atoms with Gasteiger partial charge in [-0.05, 0) is 6.42 Å². The Bertz CT molecular complexity index is 744. The molecule has 2 rings (SSSR count). The van der Waals surface area contributed by atoms with E-state index in [9.17, 15) is 9.36 Å². The molecule has 6 N–H and O–H groups in total. The second-order valence-corrected chi connectivity index (χ2v) is 5.96. The van der Waals surface area contributed by atoms with E-state index in [1.807, 2.05) is 0 Å². The summed E-state index contributed by atoms with van der Waals surface area (Å²) in [7, 11) is -3.96. The van der Waals surface area contributed by atoms with Gasteiger partial charge in [0.15, 0.2) is 11.2 Å². The molecule has 0 radical (unpaired) electrons. The summed E-state index contributed by atoms with van der Waals surface area (Å²) < 4.78 is 10.6. The van der Waals surface area contributed by atoms with Gasteiger partial charge in [-0.2, -0.15) is 4.98 Å². The van der Waals surface area contributed by atoms with Crippen LogP contribution in [0.2, 0.25) is 0 Å². The molecule has 0 saturated carbocycles. The summed E-state index contributed by atoms with van der Waals surface area (Å²) in [5, 5.41) is 0. The summed E-state index contributed by atoms with van der Waals surface area (Å²) in [4.78, 5) is 42.1. The number of nitrogens with one attached hydrogen (secondary N) is 2. The number of anilines is 1. The van der Waals surface area contributed by atoms with Gasteiger partial charge in [-0.3, -0.25) is 14.3 Å². The van der Waals surface area contributed by atoms with Crippen molar-refractivity contribution in [1.82, 2.24) is 19.9 Å². The third kappa shape index (κ3) is 3.77. The van der Waals surface area contributed by atoms with Gasteiger partial charge in [-0.25, -0.2) is 4.98 Å². The molecule has 0 saturated heterocycles. The Hall–Kier alpha value is -1.96. The lowest BCUT2D eigenvalue weighted by molar-refractivity contribution is 0.373. The molecule has 0 amide bonds. The molecule has 9 nitrogen and oxygen atoms in total. The lowest BCUT2D eigenvalue weighted by atomic mass is 10.3. The number of nitrogen functional groups attached to an aromatic ring is 1. The lowest BCUT2D eigenvalue weighted by Gasteiger charge is -1.98. The van der Waals surface area contributed by atoms with Crippen LogP contribution >= 0.6 is 7.60 Å². The van der Waals surface area contributed by atoms with Gasteiger partial charge in [0.1, 0.15) is 5.82 Å². The molecule has 10 heteroatoms. The summed E-state index contributed by atoms with van der Waals surface area (Å²) in [6.45, 7) is 0. The highest BCUT2D eigenvalue weighted by molar-refractivity contribution is 7.51. The van der Waals surface area contributed by atoms with Crippen molar-refractivity contribution < 1.29 is 14.4 Å². The highest BCUT2D eigenvalue weighted by atomic mass is 31.2. The number of rotatable bonds is 5. The molecule has 20 heavy (non-hydrogen) atoms. The third-order valence-electron chi connectivity index (χ3n) is 2.49. The molecule has 0 unspecified atom stereocenters. The van der Waals surface area contributed by atoms with Crippen LogP contribution in [0.3, 0.4) is 0 Å². The van der Waals surface area contributed by atoms with Gasteiger partial charge < -0.3 is 20.5 Å². The van der Waals surface area contributed by atoms with Crippen LogP contribution in [-0.2, 0) is 11.0 Å². The number of hydrogen-bond donors (Lipinski definition) is 5. The first-order valence-corrected chi connectivity index (χ1v) is 7.59. The summed E-state index contributed by atoms with van der Waals surface area (Å²) in [5.41, 5.74) is 5.50. The zero-order valence-corrected chi connectivity index (χ0v) is 11.3. The predicted octanol–water partition coefficient (Wildman–Crippen LogP) is -0.105. The summed E-state index contributed by atoms with van der Waals surface area (Å²) >= 11 is 0. The topological polar surface area (TPSA) is 158 Å². The Balaban J connectivity index is 2.04. The zero-order chi connectivity index (χ0) is 14.8. The van der Waals surface area contributed by atoms with Gasteiger partial charge in [-0.15, -0.1) is 0 Å². The fourth-order valence-electron chi connectivity index (χ4n) is 1.62. The molecule has 0 aliphatic rings. The molecule has 0 bridgehead atoms. The molecular formula is C10H14N5O4P. The van der Waals surface area contributed by atoms with Gasteiger partial charge in [-0.1, -0.05) is 12.2 Å². The number of fused-ring (bicyclic) bond motifs is 1. The standard InChI is InChI=1S/C10H14N5O4P/c11-10-14-8-7(9(16)15-10)12-6(13-8)4-2-1-3-5-20(17,18)19/h1-2H,3-5H2,(H2,17,18,19)(H4,11,12,13,14,15,16). The molecule has 0 spiro atoms. The minimum Gasteiger partial charge on any atom is -0.369 e. The van der Waals surface area contributed by atoms with Gasteiger partial charge >= 0.3 is 7.60 Å². The van der Waals surface area contributed by atoms with E-state index in [1.165, 1.54) is 0 Å². The van der Waals surface area contributed by atoms with Crippen LogP contribution in [0.15, 0.2) is 16.9 Å². The number of nitrogens with two attached hydrogens (primary N) is 1. The fraction of sp³-hybridized carbons (Fsp3) is 0.300. The molecule has 0 aliphatic carbocycles. The van der Waals surface area contributed by atoms with Crippen molar-refractivity contribution >= 4 is 24.7 Å². The van der Waals surface area contributed by atoms with E-state index in [1.54, 1.807) is 12.2 Å². The summed E-state index contributed by atoms with van der Waals surface area (Å²) in [5.74, 6) is 0.522. The highest BCUT2D eigenvalue weighted by Crippen LogP contribution is 2.34. The van der Waals surface area contributed by atoms with Gasteiger partial charge in [0.05, 0.1) is 6.16 Å². The van der Waals surface area contributed by atoms with Crippen molar-refractivity contribution in [3.8, 4) is 0 Å². The Labute approximate surface area is 113 Å². The van der Waals surface area contributed by atoms with Crippen LogP contribution in [0.1, 0.15) is 12.2 Å². The zero-order valence-electron chi connectivity index (χ0n) is 10.4. The Morgan fingerprint density at radius 1 is 1.25 bits per heavy atom. The molecule has 2 heterocycles. The second kappa shape index (κ2) is 5.58. The Morgan fingerprint density at radius 3 is 2.70 bits per heavy atom. The van der Waals surface area contributed by atoms with E-state index in [2.05, 4.69) is 19.9 Å². The number of H-pyrrole nitrogens is 2. The van der Waals surface area contributed by atoms with Crippen LogP contribution in [-0.4, -0.2) is 35.9 Å². The van der Waals surface area contributed by atoms with Crippen molar-refractivity contribution in [2.24, 2.45) is 0 Å². The molecule has 0 aliphatic heterocycles. The van der Waals surface area contributed by atoms with Gasteiger partial charge in [0.2, 0.25) is 5.95 Å². The van der Waals surface area contributed by atoms with Crippen LogP contribution in [0, 0.1) is 0 Å². The monoisotopic (exact) mass is 299 g/mol. The number of allylic oxidation sites excluding steroid dienone is 2. The predicted molar refractivity (Wildman–Crippen MR) is 73.3 cm³/mol. The van der Waals surface area contributed by atoms with Crippen molar-refractivity contribution in [3.63, 3.8) is 0 Å². The molecular weight excluding hydrogens is 285 g/mol. The molecule has 108 valence electrons. The first-order chi connectivity index (χ1) is 9.35. The number of aromatic nitrogens is 4. The van der Waals surface area contributed by atoms with Crippen LogP contribution in [0.25, 0.3) is 11.2 Å². The SMILES string of the molecule is Nc1nc2nc(CC=CCCP(=O)(O)O)[nH]c2c(=O)[nH]1. The maximum absolute atomic E-state index is 11.5. The van der Waals surface area contributed by atoms with E-state index < -0.39 is 13.2 Å². The molecule has 2 aromatic rings. The number of nitrogens with zero attached hydrogens (tertiary/aromatic N) is 2. The minimum atomic E-state index is -3.96. The Kier molecular flexibility index (Phi) is 4.03. The van der Waals surface area contributed by atoms with Crippen molar-refractivity contribution in [3.05, 3.63) is 28.3 Å².